The zero-order valence-electron chi connectivity index (χ0n) is 11.1. The van der Waals surface area contributed by atoms with Gasteiger partial charge in [-0.25, -0.2) is 0 Å². The molecule has 102 valence electrons. The number of hydrogen-bond donors (Lipinski definition) is 1. The molecule has 0 unspecified atom stereocenters. The summed E-state index contributed by atoms with van der Waals surface area (Å²) >= 11 is 5.97. The van der Waals surface area contributed by atoms with Crippen LogP contribution in [0.4, 0.5) is 0 Å². The summed E-state index contributed by atoms with van der Waals surface area (Å²) in [4.78, 5) is 0. The summed E-state index contributed by atoms with van der Waals surface area (Å²) in [5.74, 6) is 0.793. The molecule has 4 nitrogen and oxygen atoms in total. The Bertz CT molecular complexity index is 551. The maximum absolute atomic E-state index is 5.97. The SMILES string of the molecule is C[C@H](N)c1cc(Cl)ccc1OCCc1ccnn1C. The minimum absolute atomic E-state index is 0.106. The van der Waals surface area contributed by atoms with E-state index in [0.717, 1.165) is 23.4 Å². The minimum atomic E-state index is -0.106. The average Bonchev–Trinajstić information content (AvgIpc) is 2.77. The molecule has 0 spiro atoms. The molecule has 19 heavy (non-hydrogen) atoms. The van der Waals surface area contributed by atoms with Gasteiger partial charge in [0.1, 0.15) is 5.75 Å². The molecule has 2 N–H and O–H groups in total. The second-order valence-corrected chi connectivity index (χ2v) is 4.95. The van der Waals surface area contributed by atoms with Crippen LogP contribution in [0.2, 0.25) is 5.02 Å². The van der Waals surface area contributed by atoms with Crippen molar-refractivity contribution < 1.29 is 4.74 Å². The Balaban J connectivity index is 2.01. The third-order valence-corrected chi connectivity index (χ3v) is 3.24. The van der Waals surface area contributed by atoms with E-state index in [4.69, 9.17) is 22.1 Å². The Labute approximate surface area is 118 Å². The van der Waals surface area contributed by atoms with Crippen LogP contribution in [0.1, 0.15) is 24.2 Å². The van der Waals surface area contributed by atoms with Gasteiger partial charge >= 0.3 is 0 Å². The normalized spacial score (nSPS) is 12.4. The summed E-state index contributed by atoms with van der Waals surface area (Å²) in [6, 6.07) is 7.41. The zero-order valence-corrected chi connectivity index (χ0v) is 11.9. The molecule has 1 aromatic carbocycles. The highest BCUT2D eigenvalue weighted by molar-refractivity contribution is 6.30. The van der Waals surface area contributed by atoms with Gasteiger partial charge in [-0.3, -0.25) is 4.68 Å². The van der Waals surface area contributed by atoms with E-state index in [0.29, 0.717) is 11.6 Å². The van der Waals surface area contributed by atoms with E-state index in [2.05, 4.69) is 5.10 Å². The maximum atomic E-state index is 5.97. The number of halogens is 1. The first-order valence-corrected chi connectivity index (χ1v) is 6.60. The summed E-state index contributed by atoms with van der Waals surface area (Å²) < 4.78 is 7.65. The van der Waals surface area contributed by atoms with Crippen molar-refractivity contribution in [2.45, 2.75) is 19.4 Å². The van der Waals surface area contributed by atoms with E-state index >= 15 is 0 Å². The van der Waals surface area contributed by atoms with Gasteiger partial charge in [0.05, 0.1) is 6.61 Å². The largest absolute Gasteiger partial charge is 0.493 e. The number of nitrogens with zero attached hydrogens (tertiary/aromatic N) is 2. The van der Waals surface area contributed by atoms with Crippen molar-refractivity contribution >= 4 is 11.6 Å². The zero-order chi connectivity index (χ0) is 13.8. The van der Waals surface area contributed by atoms with Gasteiger partial charge in [-0.05, 0) is 31.2 Å². The van der Waals surface area contributed by atoms with Gasteiger partial charge in [0.25, 0.3) is 0 Å². The molecule has 1 atom stereocenters. The molecule has 5 heteroatoms. The van der Waals surface area contributed by atoms with Crippen molar-refractivity contribution in [1.82, 2.24) is 9.78 Å². The number of ether oxygens (including phenoxy) is 1. The summed E-state index contributed by atoms with van der Waals surface area (Å²) in [6.45, 7) is 2.50. The van der Waals surface area contributed by atoms with E-state index in [1.54, 1.807) is 6.20 Å². The summed E-state index contributed by atoms with van der Waals surface area (Å²) in [7, 11) is 1.92. The standard InChI is InChI=1S/C14H18ClN3O/c1-10(16)13-9-11(15)3-4-14(13)19-8-6-12-5-7-17-18(12)2/h3-5,7,9-10H,6,8,16H2,1-2H3/t10-/m0/s1. The molecular formula is C14H18ClN3O. The van der Waals surface area contributed by atoms with Crippen LogP contribution in [-0.2, 0) is 13.5 Å². The Morgan fingerprint density at radius 2 is 2.21 bits per heavy atom. The van der Waals surface area contributed by atoms with Crippen LogP contribution in [-0.4, -0.2) is 16.4 Å². The van der Waals surface area contributed by atoms with E-state index in [1.165, 1.54) is 0 Å². The number of hydrogen-bond acceptors (Lipinski definition) is 3. The van der Waals surface area contributed by atoms with Crippen molar-refractivity contribution in [2.75, 3.05) is 6.61 Å². The lowest BCUT2D eigenvalue weighted by atomic mass is 10.1. The first kappa shape index (κ1) is 13.9. The lowest BCUT2D eigenvalue weighted by Crippen LogP contribution is -2.10. The van der Waals surface area contributed by atoms with Gasteiger partial charge in [0, 0.05) is 42.0 Å². The predicted octanol–water partition coefficient (Wildman–Crippen LogP) is 2.71. The minimum Gasteiger partial charge on any atom is -0.493 e. The van der Waals surface area contributed by atoms with Crippen molar-refractivity contribution in [3.05, 3.63) is 46.7 Å². The molecule has 0 aliphatic heterocycles. The molecule has 2 rings (SSSR count). The lowest BCUT2D eigenvalue weighted by Gasteiger charge is -2.14. The topological polar surface area (TPSA) is 53.1 Å². The monoisotopic (exact) mass is 279 g/mol. The molecule has 0 saturated carbocycles. The van der Waals surface area contributed by atoms with Crippen LogP contribution in [0.25, 0.3) is 0 Å². The molecule has 0 radical (unpaired) electrons. The van der Waals surface area contributed by atoms with Crippen LogP contribution in [0.3, 0.4) is 0 Å². The Morgan fingerprint density at radius 3 is 2.84 bits per heavy atom. The van der Waals surface area contributed by atoms with Crippen LogP contribution in [0.15, 0.2) is 30.5 Å². The van der Waals surface area contributed by atoms with Gasteiger partial charge in [0.2, 0.25) is 0 Å². The third kappa shape index (κ3) is 3.49. The fraction of sp³-hybridized carbons (Fsp3) is 0.357. The smallest absolute Gasteiger partial charge is 0.124 e. The second-order valence-electron chi connectivity index (χ2n) is 4.52. The highest BCUT2D eigenvalue weighted by atomic mass is 35.5. The van der Waals surface area contributed by atoms with Gasteiger partial charge < -0.3 is 10.5 Å². The number of benzene rings is 1. The van der Waals surface area contributed by atoms with Crippen molar-refractivity contribution in [1.29, 1.82) is 0 Å². The predicted molar refractivity (Wildman–Crippen MR) is 76.5 cm³/mol. The first-order chi connectivity index (χ1) is 9.08. The van der Waals surface area contributed by atoms with E-state index in [9.17, 15) is 0 Å². The molecular weight excluding hydrogens is 262 g/mol. The number of aryl methyl sites for hydroxylation is 1. The van der Waals surface area contributed by atoms with Crippen LogP contribution in [0.5, 0.6) is 5.75 Å². The van der Waals surface area contributed by atoms with Gasteiger partial charge in [0.15, 0.2) is 0 Å². The Hall–Kier alpha value is -1.52. The number of rotatable bonds is 5. The fourth-order valence-electron chi connectivity index (χ4n) is 1.92. The highest BCUT2D eigenvalue weighted by Gasteiger charge is 2.09. The van der Waals surface area contributed by atoms with Crippen LogP contribution < -0.4 is 10.5 Å². The molecule has 1 heterocycles. The molecule has 0 aliphatic rings. The third-order valence-electron chi connectivity index (χ3n) is 3.00. The van der Waals surface area contributed by atoms with E-state index < -0.39 is 0 Å². The van der Waals surface area contributed by atoms with E-state index in [1.807, 2.05) is 42.9 Å². The summed E-state index contributed by atoms with van der Waals surface area (Å²) in [5, 5.41) is 4.80. The first-order valence-electron chi connectivity index (χ1n) is 6.22. The molecule has 2 aromatic rings. The van der Waals surface area contributed by atoms with Crippen molar-refractivity contribution in [2.24, 2.45) is 12.8 Å². The van der Waals surface area contributed by atoms with Gasteiger partial charge in [-0.1, -0.05) is 11.6 Å². The summed E-state index contributed by atoms with van der Waals surface area (Å²) in [6.07, 6.45) is 2.59. The average molecular weight is 280 g/mol. The summed E-state index contributed by atoms with van der Waals surface area (Å²) in [5.41, 5.74) is 7.98. The molecule has 0 bridgehead atoms. The maximum Gasteiger partial charge on any atom is 0.124 e. The lowest BCUT2D eigenvalue weighted by molar-refractivity contribution is 0.313. The van der Waals surface area contributed by atoms with Gasteiger partial charge in [-0.2, -0.15) is 5.10 Å². The number of aromatic nitrogens is 2. The van der Waals surface area contributed by atoms with Crippen LogP contribution in [0, 0.1) is 0 Å². The quantitative estimate of drug-likeness (QED) is 0.916. The fourth-order valence-corrected chi connectivity index (χ4v) is 2.10. The number of nitrogens with two attached hydrogens (primary N) is 1. The second kappa shape index (κ2) is 6.08. The molecule has 0 aliphatic carbocycles. The molecule has 0 fully saturated rings. The van der Waals surface area contributed by atoms with Crippen molar-refractivity contribution in [3.63, 3.8) is 0 Å². The molecule has 0 saturated heterocycles. The Kier molecular flexibility index (Phi) is 4.45. The molecule has 0 amide bonds. The van der Waals surface area contributed by atoms with E-state index in [-0.39, 0.29) is 6.04 Å². The highest BCUT2D eigenvalue weighted by Crippen LogP contribution is 2.27. The van der Waals surface area contributed by atoms with Crippen LogP contribution >= 0.6 is 11.6 Å². The van der Waals surface area contributed by atoms with Gasteiger partial charge in [-0.15, -0.1) is 0 Å². The molecule has 1 aromatic heterocycles. The van der Waals surface area contributed by atoms with Crippen molar-refractivity contribution in [3.8, 4) is 5.75 Å². The Morgan fingerprint density at radius 1 is 1.42 bits per heavy atom.